The molecule has 114 valence electrons. The van der Waals surface area contributed by atoms with Crippen molar-refractivity contribution in [2.45, 2.75) is 58.4 Å². The molecule has 1 aromatic rings. The lowest BCUT2D eigenvalue weighted by molar-refractivity contribution is 0.438. The Morgan fingerprint density at radius 1 is 1.24 bits per heavy atom. The molecular formula is C16H24N4S. The first kappa shape index (κ1) is 14.7. The first-order valence-corrected chi connectivity index (χ1v) is 8.49. The zero-order chi connectivity index (χ0) is 15.0. The summed E-state index contributed by atoms with van der Waals surface area (Å²) in [6, 6.07) is 0.517. The van der Waals surface area contributed by atoms with Crippen molar-refractivity contribution in [2.24, 2.45) is 17.6 Å². The molecule has 0 spiro atoms. The van der Waals surface area contributed by atoms with Crippen LogP contribution >= 0.6 is 12.2 Å². The maximum atomic E-state index is 5.99. The van der Waals surface area contributed by atoms with Gasteiger partial charge in [-0.05, 0) is 49.5 Å². The molecule has 21 heavy (non-hydrogen) atoms. The molecule has 3 atom stereocenters. The summed E-state index contributed by atoms with van der Waals surface area (Å²) in [5, 5.41) is 12.4. The number of aromatic nitrogens is 2. The maximum absolute atomic E-state index is 5.99. The van der Waals surface area contributed by atoms with Crippen molar-refractivity contribution in [2.75, 3.05) is 5.32 Å². The normalized spacial score (nSPS) is 27.0. The molecule has 2 aliphatic rings. The summed E-state index contributed by atoms with van der Waals surface area (Å²) in [6.07, 6.45) is 7.09. The molecule has 5 heteroatoms. The number of nitrogens with one attached hydrogen (secondary N) is 1. The number of thiocarbonyl (C=S) groups is 1. The van der Waals surface area contributed by atoms with E-state index in [9.17, 15) is 0 Å². The molecule has 4 nitrogen and oxygen atoms in total. The molecule has 1 aromatic heterocycles. The van der Waals surface area contributed by atoms with E-state index in [1.165, 1.54) is 25.7 Å². The van der Waals surface area contributed by atoms with Crippen molar-refractivity contribution >= 4 is 23.0 Å². The summed E-state index contributed by atoms with van der Waals surface area (Å²) >= 11 is 5.29. The average molecular weight is 304 g/mol. The van der Waals surface area contributed by atoms with Crippen LogP contribution in [0.1, 0.15) is 56.4 Å². The van der Waals surface area contributed by atoms with Crippen LogP contribution in [0.4, 0.5) is 5.82 Å². The topological polar surface area (TPSA) is 63.8 Å². The molecule has 2 aliphatic carbocycles. The summed E-state index contributed by atoms with van der Waals surface area (Å²) in [5.41, 5.74) is 9.08. The average Bonchev–Trinajstić information content (AvgIpc) is 3.08. The SMILES string of the molecule is CCc1nnc(NC2CC3CCC2C3)c(C(N)=S)c1CC. The van der Waals surface area contributed by atoms with Gasteiger partial charge in [0.15, 0.2) is 5.82 Å². The highest BCUT2D eigenvalue weighted by molar-refractivity contribution is 7.80. The number of hydrogen-bond acceptors (Lipinski definition) is 4. The van der Waals surface area contributed by atoms with Crippen LogP contribution in [-0.2, 0) is 12.8 Å². The first-order chi connectivity index (χ1) is 10.1. The van der Waals surface area contributed by atoms with E-state index >= 15 is 0 Å². The third kappa shape index (κ3) is 2.63. The Labute approximate surface area is 131 Å². The van der Waals surface area contributed by atoms with E-state index in [-0.39, 0.29) is 0 Å². The second-order valence-corrected chi connectivity index (χ2v) is 6.79. The summed E-state index contributed by atoms with van der Waals surface area (Å²) in [5.74, 6) is 2.48. The van der Waals surface area contributed by atoms with Gasteiger partial charge in [-0.15, -0.1) is 5.10 Å². The van der Waals surface area contributed by atoms with Gasteiger partial charge < -0.3 is 11.1 Å². The molecule has 0 aliphatic heterocycles. The smallest absolute Gasteiger partial charge is 0.159 e. The van der Waals surface area contributed by atoms with Crippen LogP contribution in [0.15, 0.2) is 0 Å². The summed E-state index contributed by atoms with van der Waals surface area (Å²) in [7, 11) is 0. The lowest BCUT2D eigenvalue weighted by Gasteiger charge is -2.25. The van der Waals surface area contributed by atoms with Crippen LogP contribution < -0.4 is 11.1 Å². The van der Waals surface area contributed by atoms with Crippen molar-refractivity contribution in [1.29, 1.82) is 0 Å². The Hall–Kier alpha value is -1.23. The minimum Gasteiger partial charge on any atom is -0.389 e. The van der Waals surface area contributed by atoms with Crippen LogP contribution in [0.5, 0.6) is 0 Å². The highest BCUT2D eigenvalue weighted by Gasteiger charge is 2.40. The number of nitrogens with two attached hydrogens (primary N) is 1. The molecule has 2 fully saturated rings. The van der Waals surface area contributed by atoms with Crippen molar-refractivity contribution in [3.63, 3.8) is 0 Å². The van der Waals surface area contributed by atoms with E-state index in [4.69, 9.17) is 18.0 Å². The standard InChI is InChI=1S/C16H24N4S/c1-3-11-12(4-2)19-20-16(14(11)15(17)21)18-13-8-9-5-6-10(13)7-9/h9-10,13H,3-8H2,1-2H3,(H2,17,21)(H,18,20). The molecular weight excluding hydrogens is 280 g/mol. The largest absolute Gasteiger partial charge is 0.389 e. The van der Waals surface area contributed by atoms with Crippen molar-refractivity contribution in [3.05, 3.63) is 16.8 Å². The molecule has 0 amide bonds. The highest BCUT2D eigenvalue weighted by Crippen LogP contribution is 2.45. The zero-order valence-electron chi connectivity index (χ0n) is 12.9. The fourth-order valence-electron chi connectivity index (χ4n) is 4.14. The van der Waals surface area contributed by atoms with Crippen LogP contribution in [0, 0.1) is 11.8 Å². The van der Waals surface area contributed by atoms with Crippen LogP contribution in [-0.4, -0.2) is 21.2 Å². The van der Waals surface area contributed by atoms with Gasteiger partial charge >= 0.3 is 0 Å². The molecule has 0 aromatic carbocycles. The van der Waals surface area contributed by atoms with Gasteiger partial charge in [0.1, 0.15) is 4.99 Å². The Balaban J connectivity index is 1.92. The van der Waals surface area contributed by atoms with Gasteiger partial charge in [0, 0.05) is 6.04 Å². The number of nitrogens with zero attached hydrogens (tertiary/aromatic N) is 2. The van der Waals surface area contributed by atoms with Crippen LogP contribution in [0.3, 0.4) is 0 Å². The number of hydrogen-bond donors (Lipinski definition) is 2. The lowest BCUT2D eigenvalue weighted by atomic mass is 9.95. The summed E-state index contributed by atoms with van der Waals surface area (Å²) in [4.78, 5) is 0.433. The second kappa shape index (κ2) is 5.87. The quantitative estimate of drug-likeness (QED) is 0.819. The minimum atomic E-state index is 0.433. The number of aryl methyl sites for hydroxylation is 1. The van der Waals surface area contributed by atoms with Gasteiger partial charge in [-0.1, -0.05) is 32.5 Å². The van der Waals surface area contributed by atoms with E-state index < -0.39 is 0 Å². The third-order valence-corrected chi connectivity index (χ3v) is 5.36. The van der Waals surface area contributed by atoms with Gasteiger partial charge in [0.25, 0.3) is 0 Å². The van der Waals surface area contributed by atoms with Crippen LogP contribution in [0.25, 0.3) is 0 Å². The molecule has 3 N–H and O–H groups in total. The number of fused-ring (bicyclic) bond motifs is 2. The third-order valence-electron chi connectivity index (χ3n) is 5.15. The Morgan fingerprint density at radius 3 is 2.57 bits per heavy atom. The van der Waals surface area contributed by atoms with E-state index in [1.54, 1.807) is 0 Å². The zero-order valence-corrected chi connectivity index (χ0v) is 13.7. The number of anilines is 1. The molecule has 2 bridgehead atoms. The molecule has 3 rings (SSSR count). The highest BCUT2D eigenvalue weighted by atomic mass is 32.1. The predicted octanol–water partition coefficient (Wildman–Crippen LogP) is 2.84. The van der Waals surface area contributed by atoms with E-state index in [1.807, 2.05) is 0 Å². The summed E-state index contributed by atoms with van der Waals surface area (Å²) in [6.45, 7) is 4.22. The predicted molar refractivity (Wildman–Crippen MR) is 89.5 cm³/mol. The molecule has 1 heterocycles. The van der Waals surface area contributed by atoms with Crippen molar-refractivity contribution in [1.82, 2.24) is 10.2 Å². The Kier molecular flexibility index (Phi) is 4.11. The molecule has 0 radical (unpaired) electrons. The van der Waals surface area contributed by atoms with Gasteiger partial charge in [-0.25, -0.2) is 0 Å². The van der Waals surface area contributed by atoms with E-state index in [0.717, 1.165) is 47.3 Å². The minimum absolute atomic E-state index is 0.433. The fourth-order valence-corrected chi connectivity index (χ4v) is 4.36. The van der Waals surface area contributed by atoms with Gasteiger partial charge in [0.05, 0.1) is 11.3 Å². The first-order valence-electron chi connectivity index (χ1n) is 8.08. The molecule has 3 unspecified atom stereocenters. The van der Waals surface area contributed by atoms with Crippen molar-refractivity contribution in [3.8, 4) is 0 Å². The van der Waals surface area contributed by atoms with E-state index in [0.29, 0.717) is 11.0 Å². The summed E-state index contributed by atoms with van der Waals surface area (Å²) < 4.78 is 0. The van der Waals surface area contributed by atoms with Gasteiger partial charge in [-0.3, -0.25) is 0 Å². The van der Waals surface area contributed by atoms with Crippen molar-refractivity contribution < 1.29 is 0 Å². The van der Waals surface area contributed by atoms with Gasteiger partial charge in [0.2, 0.25) is 0 Å². The van der Waals surface area contributed by atoms with Crippen LogP contribution in [0.2, 0.25) is 0 Å². The Bertz CT molecular complexity index is 557. The fraction of sp³-hybridized carbons (Fsp3) is 0.688. The maximum Gasteiger partial charge on any atom is 0.159 e. The molecule has 2 saturated carbocycles. The lowest BCUT2D eigenvalue weighted by Crippen LogP contribution is -2.29. The Morgan fingerprint density at radius 2 is 2.05 bits per heavy atom. The molecule has 0 saturated heterocycles. The van der Waals surface area contributed by atoms with Gasteiger partial charge in [-0.2, -0.15) is 5.10 Å². The second-order valence-electron chi connectivity index (χ2n) is 6.35. The number of rotatable bonds is 5. The monoisotopic (exact) mass is 304 g/mol. The van der Waals surface area contributed by atoms with E-state index in [2.05, 4.69) is 29.4 Å².